The number of rotatable bonds is 4. The largest absolute Gasteiger partial charge is 0.368 e. The molecule has 0 radical (unpaired) electrons. The van der Waals surface area contributed by atoms with E-state index in [0.717, 1.165) is 38.2 Å². The molecule has 1 fully saturated rings. The van der Waals surface area contributed by atoms with Crippen molar-refractivity contribution in [3.05, 3.63) is 29.6 Å². The van der Waals surface area contributed by atoms with Gasteiger partial charge in [-0.05, 0) is 57.8 Å². The highest BCUT2D eigenvalue weighted by Gasteiger charge is 2.22. The Morgan fingerprint density at radius 2 is 2.10 bits per heavy atom. The summed E-state index contributed by atoms with van der Waals surface area (Å²) in [5.74, 6) is 0.175. The maximum absolute atomic E-state index is 13.8. The number of halogens is 1. The lowest BCUT2D eigenvalue weighted by Crippen LogP contribution is -2.40. The van der Waals surface area contributed by atoms with E-state index < -0.39 is 5.82 Å². The van der Waals surface area contributed by atoms with Gasteiger partial charge in [-0.25, -0.2) is 4.39 Å². The SMILES string of the molecule is CC(C)N(CC1CCNCC1)c1cccc(F)c1C#N. The van der Waals surface area contributed by atoms with Crippen LogP contribution in [0.2, 0.25) is 0 Å². The predicted molar refractivity (Wildman–Crippen MR) is 79.2 cm³/mol. The van der Waals surface area contributed by atoms with Crippen LogP contribution in [0, 0.1) is 23.1 Å². The fourth-order valence-electron chi connectivity index (χ4n) is 2.79. The van der Waals surface area contributed by atoms with Crippen molar-refractivity contribution >= 4 is 5.69 Å². The summed E-state index contributed by atoms with van der Waals surface area (Å²) < 4.78 is 13.8. The Hall–Kier alpha value is -1.60. The Morgan fingerprint density at radius 1 is 1.40 bits per heavy atom. The van der Waals surface area contributed by atoms with Crippen molar-refractivity contribution in [3.8, 4) is 6.07 Å². The van der Waals surface area contributed by atoms with E-state index >= 15 is 0 Å². The normalized spacial score (nSPS) is 16.1. The number of benzene rings is 1. The van der Waals surface area contributed by atoms with Crippen LogP contribution in [-0.2, 0) is 0 Å². The fourth-order valence-corrected chi connectivity index (χ4v) is 2.79. The Morgan fingerprint density at radius 3 is 2.70 bits per heavy atom. The van der Waals surface area contributed by atoms with Gasteiger partial charge in [-0.15, -0.1) is 0 Å². The first-order valence-corrected chi connectivity index (χ1v) is 7.29. The lowest BCUT2D eigenvalue weighted by Gasteiger charge is -2.35. The third-order valence-corrected chi connectivity index (χ3v) is 3.95. The minimum atomic E-state index is -0.430. The van der Waals surface area contributed by atoms with Gasteiger partial charge in [0.1, 0.15) is 17.4 Å². The fraction of sp³-hybridized carbons (Fsp3) is 0.562. The van der Waals surface area contributed by atoms with Gasteiger partial charge < -0.3 is 10.2 Å². The minimum absolute atomic E-state index is 0.162. The number of piperidine rings is 1. The van der Waals surface area contributed by atoms with Gasteiger partial charge in [-0.1, -0.05) is 6.07 Å². The van der Waals surface area contributed by atoms with E-state index in [1.165, 1.54) is 6.07 Å². The van der Waals surface area contributed by atoms with Crippen LogP contribution in [0.15, 0.2) is 18.2 Å². The van der Waals surface area contributed by atoms with E-state index in [2.05, 4.69) is 24.1 Å². The molecule has 1 aromatic carbocycles. The number of nitrogens with one attached hydrogen (secondary N) is 1. The van der Waals surface area contributed by atoms with Crippen LogP contribution in [0.25, 0.3) is 0 Å². The van der Waals surface area contributed by atoms with Crippen LogP contribution >= 0.6 is 0 Å². The second-order valence-electron chi connectivity index (χ2n) is 5.69. The van der Waals surface area contributed by atoms with Crippen molar-refractivity contribution in [2.45, 2.75) is 32.7 Å². The molecule has 2 rings (SSSR count). The van der Waals surface area contributed by atoms with E-state index in [1.54, 1.807) is 6.07 Å². The Bertz CT molecular complexity index is 487. The van der Waals surface area contributed by atoms with Gasteiger partial charge in [-0.2, -0.15) is 5.26 Å². The topological polar surface area (TPSA) is 39.1 Å². The molecule has 0 unspecified atom stereocenters. The monoisotopic (exact) mass is 275 g/mol. The summed E-state index contributed by atoms with van der Waals surface area (Å²) in [5, 5.41) is 12.6. The van der Waals surface area contributed by atoms with Crippen molar-refractivity contribution in [1.29, 1.82) is 5.26 Å². The lowest BCUT2D eigenvalue weighted by molar-refractivity contribution is 0.367. The number of hydrogen-bond donors (Lipinski definition) is 1. The van der Waals surface area contributed by atoms with Crippen LogP contribution in [0.4, 0.5) is 10.1 Å². The van der Waals surface area contributed by atoms with E-state index in [0.29, 0.717) is 5.92 Å². The molecule has 0 saturated carbocycles. The molecule has 1 aliphatic heterocycles. The van der Waals surface area contributed by atoms with Crippen molar-refractivity contribution in [3.63, 3.8) is 0 Å². The van der Waals surface area contributed by atoms with Crippen LogP contribution in [0.5, 0.6) is 0 Å². The highest BCUT2D eigenvalue weighted by molar-refractivity contribution is 5.60. The molecule has 1 heterocycles. The number of nitriles is 1. The molecule has 0 amide bonds. The van der Waals surface area contributed by atoms with Crippen LogP contribution in [0.1, 0.15) is 32.3 Å². The summed E-state index contributed by atoms with van der Waals surface area (Å²) in [6.07, 6.45) is 2.28. The summed E-state index contributed by atoms with van der Waals surface area (Å²) in [4.78, 5) is 2.16. The second-order valence-corrected chi connectivity index (χ2v) is 5.69. The van der Waals surface area contributed by atoms with Crippen molar-refractivity contribution in [2.75, 3.05) is 24.5 Å². The third-order valence-electron chi connectivity index (χ3n) is 3.95. The van der Waals surface area contributed by atoms with Crippen LogP contribution in [0.3, 0.4) is 0 Å². The Balaban J connectivity index is 2.24. The molecule has 1 aliphatic rings. The first-order chi connectivity index (χ1) is 9.63. The Kier molecular flexibility index (Phi) is 4.97. The Labute approximate surface area is 120 Å². The van der Waals surface area contributed by atoms with Crippen molar-refractivity contribution in [1.82, 2.24) is 5.32 Å². The quantitative estimate of drug-likeness (QED) is 0.918. The van der Waals surface area contributed by atoms with Crippen LogP contribution < -0.4 is 10.2 Å². The zero-order valence-electron chi connectivity index (χ0n) is 12.2. The van der Waals surface area contributed by atoms with Gasteiger partial charge >= 0.3 is 0 Å². The first-order valence-electron chi connectivity index (χ1n) is 7.29. The number of nitrogens with zero attached hydrogens (tertiary/aromatic N) is 2. The average Bonchev–Trinajstić information content (AvgIpc) is 2.45. The minimum Gasteiger partial charge on any atom is -0.368 e. The maximum Gasteiger partial charge on any atom is 0.143 e. The molecule has 0 atom stereocenters. The standard InChI is InChI=1S/C16H22FN3/c1-12(2)20(11-13-6-8-19-9-7-13)16-5-3-4-15(17)14(16)10-18/h3-5,12-13,19H,6-9,11H2,1-2H3. The highest BCUT2D eigenvalue weighted by Crippen LogP contribution is 2.27. The zero-order chi connectivity index (χ0) is 14.5. The summed E-state index contributed by atoms with van der Waals surface area (Å²) >= 11 is 0. The summed E-state index contributed by atoms with van der Waals surface area (Å²) in [6, 6.07) is 7.14. The molecule has 4 heteroatoms. The van der Waals surface area contributed by atoms with E-state index in [4.69, 9.17) is 0 Å². The summed E-state index contributed by atoms with van der Waals surface area (Å²) in [7, 11) is 0. The summed E-state index contributed by atoms with van der Waals surface area (Å²) in [6.45, 7) is 7.16. The smallest absolute Gasteiger partial charge is 0.143 e. The molecule has 0 bridgehead atoms. The van der Waals surface area contributed by atoms with E-state index in [-0.39, 0.29) is 11.6 Å². The molecular formula is C16H22FN3. The molecule has 1 saturated heterocycles. The lowest BCUT2D eigenvalue weighted by atomic mass is 9.96. The van der Waals surface area contributed by atoms with Gasteiger partial charge in [0.05, 0.1) is 5.69 Å². The average molecular weight is 275 g/mol. The molecular weight excluding hydrogens is 253 g/mol. The molecule has 0 spiro atoms. The number of hydrogen-bond acceptors (Lipinski definition) is 3. The molecule has 1 aromatic rings. The second kappa shape index (κ2) is 6.71. The van der Waals surface area contributed by atoms with Gasteiger partial charge in [0.15, 0.2) is 0 Å². The van der Waals surface area contributed by atoms with Gasteiger partial charge in [0.2, 0.25) is 0 Å². The van der Waals surface area contributed by atoms with Gasteiger partial charge in [0.25, 0.3) is 0 Å². The number of anilines is 1. The van der Waals surface area contributed by atoms with E-state index in [9.17, 15) is 9.65 Å². The molecule has 20 heavy (non-hydrogen) atoms. The third kappa shape index (κ3) is 3.29. The molecule has 108 valence electrons. The van der Waals surface area contributed by atoms with Gasteiger partial charge in [-0.3, -0.25) is 0 Å². The highest BCUT2D eigenvalue weighted by atomic mass is 19.1. The molecule has 3 nitrogen and oxygen atoms in total. The van der Waals surface area contributed by atoms with Crippen LogP contribution in [-0.4, -0.2) is 25.7 Å². The predicted octanol–water partition coefficient (Wildman–Crippen LogP) is 2.91. The molecule has 0 aromatic heterocycles. The summed E-state index contributed by atoms with van der Waals surface area (Å²) in [5.41, 5.74) is 0.885. The van der Waals surface area contributed by atoms with Crippen molar-refractivity contribution < 1.29 is 4.39 Å². The van der Waals surface area contributed by atoms with E-state index in [1.807, 2.05) is 12.1 Å². The molecule has 1 N–H and O–H groups in total. The van der Waals surface area contributed by atoms with Crippen molar-refractivity contribution in [2.24, 2.45) is 5.92 Å². The maximum atomic E-state index is 13.8. The molecule has 0 aliphatic carbocycles. The first kappa shape index (κ1) is 14.8. The van der Waals surface area contributed by atoms with Gasteiger partial charge in [0, 0.05) is 12.6 Å². The zero-order valence-corrected chi connectivity index (χ0v) is 12.2.